The SMILES string of the molecule is CC1(C)c2ccccc2N(c2cccc(-c3cnc(-c4cccc(N5c6ccccc6C(C)(C)c6ccccc65)c4)c4nc(-c5ccccc5)c(-c5ccccc5)nc34)c2)c2ccccc21. The van der Waals surface area contributed by atoms with Crippen molar-refractivity contribution in [3.05, 3.63) is 235 Å². The van der Waals surface area contributed by atoms with Crippen LogP contribution in [0.4, 0.5) is 34.1 Å². The lowest BCUT2D eigenvalue weighted by molar-refractivity contribution is 0.632. The van der Waals surface area contributed by atoms with Crippen molar-refractivity contribution in [2.24, 2.45) is 0 Å². The van der Waals surface area contributed by atoms with Gasteiger partial charge in [-0.2, -0.15) is 0 Å². The zero-order chi connectivity index (χ0) is 44.6. The average Bonchev–Trinajstić information content (AvgIpc) is 3.37. The van der Waals surface area contributed by atoms with Crippen LogP contribution in [0.1, 0.15) is 49.9 Å². The van der Waals surface area contributed by atoms with Crippen LogP contribution in [0.3, 0.4) is 0 Å². The van der Waals surface area contributed by atoms with Gasteiger partial charge >= 0.3 is 0 Å². The molecule has 66 heavy (non-hydrogen) atoms. The zero-order valence-corrected chi connectivity index (χ0v) is 37.4. The number of hydrogen-bond donors (Lipinski definition) is 0. The van der Waals surface area contributed by atoms with Gasteiger partial charge in [-0.1, -0.05) is 185 Å². The van der Waals surface area contributed by atoms with Gasteiger partial charge in [-0.15, -0.1) is 0 Å². The number of nitrogens with zero attached hydrogens (tertiary/aromatic N) is 5. The number of fused-ring (bicyclic) bond motifs is 5. The largest absolute Gasteiger partial charge is 0.310 e. The molecule has 0 fully saturated rings. The molecule has 0 amide bonds. The highest BCUT2D eigenvalue weighted by atomic mass is 15.2. The van der Waals surface area contributed by atoms with Gasteiger partial charge in [-0.05, 0) is 76.3 Å². The third kappa shape index (κ3) is 6.18. The van der Waals surface area contributed by atoms with Gasteiger partial charge in [0.05, 0.1) is 39.8 Å². The molecule has 5 heteroatoms. The Morgan fingerprint density at radius 3 is 1.15 bits per heavy atom. The van der Waals surface area contributed by atoms with E-state index in [-0.39, 0.29) is 10.8 Å². The summed E-state index contributed by atoms with van der Waals surface area (Å²) in [5.41, 5.74) is 20.5. The third-order valence-corrected chi connectivity index (χ3v) is 13.9. The summed E-state index contributed by atoms with van der Waals surface area (Å²) in [6.07, 6.45) is 2.00. The van der Waals surface area contributed by atoms with E-state index in [0.717, 1.165) is 67.3 Å². The van der Waals surface area contributed by atoms with Crippen LogP contribution >= 0.6 is 0 Å². The van der Waals surface area contributed by atoms with E-state index in [0.29, 0.717) is 0 Å². The maximum Gasteiger partial charge on any atom is 0.116 e. The second kappa shape index (κ2) is 15.2. The summed E-state index contributed by atoms with van der Waals surface area (Å²) in [5.74, 6) is 0. The molecule has 0 saturated carbocycles. The van der Waals surface area contributed by atoms with E-state index >= 15 is 0 Å². The van der Waals surface area contributed by atoms with E-state index in [1.807, 2.05) is 18.3 Å². The number of anilines is 6. The minimum absolute atomic E-state index is 0.161. The fourth-order valence-corrected chi connectivity index (χ4v) is 10.6. The minimum Gasteiger partial charge on any atom is -0.310 e. The van der Waals surface area contributed by atoms with Crippen LogP contribution < -0.4 is 9.80 Å². The highest BCUT2D eigenvalue weighted by Gasteiger charge is 2.38. The van der Waals surface area contributed by atoms with Gasteiger partial charge in [0.1, 0.15) is 11.0 Å². The Labute approximate surface area is 386 Å². The minimum atomic E-state index is -0.163. The second-order valence-electron chi connectivity index (χ2n) is 18.5. The van der Waals surface area contributed by atoms with Crippen molar-refractivity contribution >= 4 is 45.2 Å². The molecular formula is C61H47N5. The fraction of sp³-hybridized carbons (Fsp3) is 0.0984. The highest BCUT2D eigenvalue weighted by molar-refractivity contribution is 6.02. The third-order valence-electron chi connectivity index (χ3n) is 13.9. The lowest BCUT2D eigenvalue weighted by Gasteiger charge is -2.42. The summed E-state index contributed by atoms with van der Waals surface area (Å²) in [6.45, 7) is 9.29. The molecule has 2 aliphatic rings. The summed E-state index contributed by atoms with van der Waals surface area (Å²) in [6, 6.07) is 73.5. The molecule has 316 valence electrons. The molecule has 4 heterocycles. The zero-order valence-electron chi connectivity index (χ0n) is 37.4. The average molecular weight is 850 g/mol. The first-order valence-electron chi connectivity index (χ1n) is 22.8. The van der Waals surface area contributed by atoms with Gasteiger partial charge in [0.15, 0.2) is 0 Å². The molecule has 12 rings (SSSR count). The molecule has 0 atom stereocenters. The van der Waals surface area contributed by atoms with E-state index < -0.39 is 0 Å². The summed E-state index contributed by atoms with van der Waals surface area (Å²) >= 11 is 0. The molecule has 8 aromatic carbocycles. The maximum atomic E-state index is 5.68. The van der Waals surface area contributed by atoms with E-state index in [9.17, 15) is 0 Å². The molecule has 2 aromatic heterocycles. The van der Waals surface area contributed by atoms with E-state index in [1.165, 1.54) is 45.0 Å². The first-order valence-corrected chi connectivity index (χ1v) is 22.8. The van der Waals surface area contributed by atoms with Crippen LogP contribution in [-0.2, 0) is 10.8 Å². The van der Waals surface area contributed by atoms with Crippen LogP contribution in [-0.4, -0.2) is 15.0 Å². The summed E-state index contributed by atoms with van der Waals surface area (Å²) in [7, 11) is 0. The Bertz CT molecular complexity index is 3170. The van der Waals surface area contributed by atoms with Gasteiger partial charge in [0.25, 0.3) is 0 Å². The van der Waals surface area contributed by atoms with Crippen LogP contribution in [0, 0.1) is 0 Å². The smallest absolute Gasteiger partial charge is 0.116 e. The second-order valence-corrected chi connectivity index (χ2v) is 18.5. The molecule has 0 bridgehead atoms. The number of pyridine rings is 1. The molecule has 0 aliphatic carbocycles. The number of benzene rings is 8. The molecule has 2 aliphatic heterocycles. The topological polar surface area (TPSA) is 45.2 Å². The number of aromatic nitrogens is 3. The molecule has 0 spiro atoms. The lowest BCUT2D eigenvalue weighted by Crippen LogP contribution is -2.30. The Hall–Kier alpha value is -8.15. The van der Waals surface area contributed by atoms with Gasteiger partial charge in [-0.25, -0.2) is 9.97 Å². The van der Waals surface area contributed by atoms with Gasteiger partial charge in [-0.3, -0.25) is 4.98 Å². The number of para-hydroxylation sites is 4. The monoisotopic (exact) mass is 849 g/mol. The Balaban J connectivity index is 1.08. The lowest BCUT2D eigenvalue weighted by atomic mass is 9.73. The van der Waals surface area contributed by atoms with Crippen molar-refractivity contribution < 1.29 is 0 Å². The van der Waals surface area contributed by atoms with Crippen molar-refractivity contribution in [3.63, 3.8) is 0 Å². The Morgan fingerprint density at radius 1 is 0.333 bits per heavy atom. The Morgan fingerprint density at radius 2 is 0.697 bits per heavy atom. The van der Waals surface area contributed by atoms with Gasteiger partial charge in [0.2, 0.25) is 0 Å². The van der Waals surface area contributed by atoms with Crippen molar-refractivity contribution in [2.75, 3.05) is 9.80 Å². The summed E-state index contributed by atoms with van der Waals surface area (Å²) < 4.78 is 0. The van der Waals surface area contributed by atoms with Gasteiger partial charge < -0.3 is 9.80 Å². The summed E-state index contributed by atoms with van der Waals surface area (Å²) in [4.78, 5) is 21.5. The first kappa shape index (κ1) is 39.4. The molecule has 10 aromatic rings. The van der Waals surface area contributed by atoms with Crippen molar-refractivity contribution in [1.82, 2.24) is 15.0 Å². The van der Waals surface area contributed by atoms with Crippen molar-refractivity contribution in [3.8, 4) is 44.9 Å². The van der Waals surface area contributed by atoms with Crippen LogP contribution in [0.15, 0.2) is 212 Å². The molecule has 0 N–H and O–H groups in total. The Kier molecular flexibility index (Phi) is 9.11. The van der Waals surface area contributed by atoms with Gasteiger partial charge in [0, 0.05) is 50.7 Å². The molecule has 0 unspecified atom stereocenters. The van der Waals surface area contributed by atoms with Crippen molar-refractivity contribution in [2.45, 2.75) is 38.5 Å². The standard InChI is InChI=1S/C61H47N5/c1-60(2)47-29-11-15-33-51(47)65(52-34-16-12-30-48(52)60)44-27-19-25-42(37-44)46-39-62-55(59-58(46)63-56(40-21-7-5-8-22-40)57(64-59)41-23-9-6-10-24-41)43-26-20-28-45(38-43)66-53-35-17-13-31-49(53)61(3,4)50-32-14-18-36-54(50)66/h5-39H,1-4H3. The quantitative estimate of drug-likeness (QED) is 0.167. The first-order chi connectivity index (χ1) is 32.3. The number of rotatable bonds is 6. The predicted octanol–water partition coefficient (Wildman–Crippen LogP) is 15.9. The predicted molar refractivity (Wildman–Crippen MR) is 273 cm³/mol. The van der Waals surface area contributed by atoms with E-state index in [2.05, 4.69) is 232 Å². The molecule has 0 saturated heterocycles. The number of hydrogen-bond acceptors (Lipinski definition) is 5. The molecule has 5 nitrogen and oxygen atoms in total. The highest BCUT2D eigenvalue weighted by Crippen LogP contribution is 2.54. The fourth-order valence-electron chi connectivity index (χ4n) is 10.6. The van der Waals surface area contributed by atoms with E-state index in [4.69, 9.17) is 15.0 Å². The maximum absolute atomic E-state index is 5.68. The molecular weight excluding hydrogens is 803 g/mol. The van der Waals surface area contributed by atoms with E-state index in [1.54, 1.807) is 0 Å². The van der Waals surface area contributed by atoms with Crippen LogP contribution in [0.5, 0.6) is 0 Å². The van der Waals surface area contributed by atoms with Crippen LogP contribution in [0.2, 0.25) is 0 Å². The molecule has 0 radical (unpaired) electrons. The normalized spacial score (nSPS) is 14.2. The van der Waals surface area contributed by atoms with Crippen LogP contribution in [0.25, 0.3) is 55.9 Å². The summed E-state index contributed by atoms with van der Waals surface area (Å²) in [5, 5.41) is 0. The van der Waals surface area contributed by atoms with Crippen molar-refractivity contribution in [1.29, 1.82) is 0 Å².